The first-order valence-electron chi connectivity index (χ1n) is 5.58. The van der Waals surface area contributed by atoms with E-state index in [9.17, 15) is 0 Å². The maximum atomic E-state index is 9.02. The van der Waals surface area contributed by atoms with Crippen molar-refractivity contribution in [3.8, 4) is 0 Å². The van der Waals surface area contributed by atoms with Crippen LogP contribution in [0.3, 0.4) is 0 Å². The van der Waals surface area contributed by atoms with Gasteiger partial charge in [0, 0.05) is 37.0 Å². The van der Waals surface area contributed by atoms with E-state index in [-0.39, 0.29) is 18.6 Å². The van der Waals surface area contributed by atoms with Crippen molar-refractivity contribution in [2.45, 2.75) is 45.2 Å². The fourth-order valence-corrected chi connectivity index (χ4v) is 1.88. The number of rotatable bonds is 6. The normalized spacial score (nSPS) is 15.2. The Morgan fingerprint density at radius 1 is 1.60 bits per heavy atom. The molecule has 0 fully saturated rings. The molecule has 0 amide bonds. The van der Waals surface area contributed by atoms with Crippen molar-refractivity contribution in [1.29, 1.82) is 0 Å². The Balaban J connectivity index is 2.84. The van der Waals surface area contributed by atoms with Gasteiger partial charge < -0.3 is 10.8 Å². The van der Waals surface area contributed by atoms with Gasteiger partial charge in [-0.2, -0.15) is 5.10 Å². The summed E-state index contributed by atoms with van der Waals surface area (Å²) in [6, 6.07) is 2.05. The van der Waals surface area contributed by atoms with E-state index in [2.05, 4.69) is 12.0 Å². The zero-order valence-electron chi connectivity index (χ0n) is 9.56. The van der Waals surface area contributed by atoms with Gasteiger partial charge in [0.1, 0.15) is 0 Å². The number of nitrogens with two attached hydrogens (primary N) is 1. The van der Waals surface area contributed by atoms with Gasteiger partial charge in [0.25, 0.3) is 0 Å². The van der Waals surface area contributed by atoms with E-state index in [0.29, 0.717) is 6.42 Å². The van der Waals surface area contributed by atoms with Gasteiger partial charge in [0.15, 0.2) is 0 Å². The molecular formula is C11H21N3O. The van der Waals surface area contributed by atoms with E-state index < -0.39 is 0 Å². The second-order valence-corrected chi connectivity index (χ2v) is 3.96. The van der Waals surface area contributed by atoms with E-state index in [1.807, 2.05) is 17.7 Å². The summed E-state index contributed by atoms with van der Waals surface area (Å²) < 4.78 is 1.99. The van der Waals surface area contributed by atoms with Crippen LogP contribution >= 0.6 is 0 Å². The largest absolute Gasteiger partial charge is 0.396 e. The molecule has 0 saturated carbocycles. The molecule has 1 aromatic rings. The number of aliphatic hydroxyl groups excluding tert-OH is 1. The molecule has 0 spiro atoms. The minimum absolute atomic E-state index is 0.0458. The molecule has 2 unspecified atom stereocenters. The quantitative estimate of drug-likeness (QED) is 0.740. The summed E-state index contributed by atoms with van der Waals surface area (Å²) in [6.45, 7) is 5.18. The number of nitrogens with zero attached hydrogens (tertiary/aromatic N) is 2. The van der Waals surface area contributed by atoms with Crippen LogP contribution in [0.25, 0.3) is 0 Å². The molecule has 0 aliphatic rings. The fourth-order valence-electron chi connectivity index (χ4n) is 1.88. The highest BCUT2D eigenvalue weighted by molar-refractivity contribution is 5.10. The van der Waals surface area contributed by atoms with Gasteiger partial charge in [-0.15, -0.1) is 0 Å². The van der Waals surface area contributed by atoms with Crippen molar-refractivity contribution in [2.24, 2.45) is 5.73 Å². The summed E-state index contributed by atoms with van der Waals surface area (Å²) in [4.78, 5) is 0. The molecule has 86 valence electrons. The number of aliphatic hydroxyl groups is 1. The van der Waals surface area contributed by atoms with Crippen LogP contribution in [0.2, 0.25) is 0 Å². The molecule has 0 radical (unpaired) electrons. The first-order chi connectivity index (χ1) is 7.20. The summed E-state index contributed by atoms with van der Waals surface area (Å²) >= 11 is 0. The molecule has 1 heterocycles. The highest BCUT2D eigenvalue weighted by Gasteiger charge is 2.19. The van der Waals surface area contributed by atoms with Gasteiger partial charge in [0.2, 0.25) is 0 Å². The molecule has 0 aliphatic carbocycles. The average molecular weight is 211 g/mol. The van der Waals surface area contributed by atoms with Crippen LogP contribution in [0.5, 0.6) is 0 Å². The molecular weight excluding hydrogens is 190 g/mol. The summed E-state index contributed by atoms with van der Waals surface area (Å²) in [6.07, 6.45) is 3.56. The zero-order chi connectivity index (χ0) is 11.3. The molecule has 2 atom stereocenters. The summed E-state index contributed by atoms with van der Waals surface area (Å²) in [5.74, 6) is 0.198. The summed E-state index contributed by atoms with van der Waals surface area (Å²) in [5, 5.41) is 13.3. The lowest BCUT2D eigenvalue weighted by molar-refractivity contribution is 0.265. The third-order valence-electron chi connectivity index (χ3n) is 2.64. The predicted molar refractivity (Wildman–Crippen MR) is 60.6 cm³/mol. The lowest BCUT2D eigenvalue weighted by Gasteiger charge is -2.21. The number of aryl methyl sites for hydroxylation is 1. The Hall–Kier alpha value is -0.870. The van der Waals surface area contributed by atoms with Crippen molar-refractivity contribution in [2.75, 3.05) is 6.61 Å². The van der Waals surface area contributed by atoms with Gasteiger partial charge >= 0.3 is 0 Å². The van der Waals surface area contributed by atoms with Crippen LogP contribution < -0.4 is 5.73 Å². The first-order valence-corrected chi connectivity index (χ1v) is 5.58. The molecule has 1 aromatic heterocycles. The highest BCUT2D eigenvalue weighted by Crippen LogP contribution is 2.22. The van der Waals surface area contributed by atoms with Gasteiger partial charge in [-0.3, -0.25) is 4.68 Å². The number of aromatic nitrogens is 2. The third kappa shape index (κ3) is 3.04. The van der Waals surface area contributed by atoms with Crippen molar-refractivity contribution < 1.29 is 5.11 Å². The SMILES string of the molecule is CCCn1nccc1C(CCO)C(C)N. The van der Waals surface area contributed by atoms with Crippen LogP contribution in [0, 0.1) is 0 Å². The number of hydrogen-bond donors (Lipinski definition) is 2. The molecule has 0 bridgehead atoms. The first kappa shape index (κ1) is 12.2. The molecule has 4 heteroatoms. The van der Waals surface area contributed by atoms with Crippen molar-refractivity contribution >= 4 is 0 Å². The second kappa shape index (κ2) is 5.88. The third-order valence-corrected chi connectivity index (χ3v) is 2.64. The molecule has 15 heavy (non-hydrogen) atoms. The monoisotopic (exact) mass is 211 g/mol. The molecule has 0 aromatic carbocycles. The summed E-state index contributed by atoms with van der Waals surface area (Å²) in [5.41, 5.74) is 7.07. The van der Waals surface area contributed by atoms with Crippen molar-refractivity contribution in [3.05, 3.63) is 18.0 Å². The molecule has 3 N–H and O–H groups in total. The minimum atomic E-state index is 0.0458. The average Bonchev–Trinajstić information content (AvgIpc) is 2.62. The number of hydrogen-bond acceptors (Lipinski definition) is 3. The second-order valence-electron chi connectivity index (χ2n) is 3.96. The fraction of sp³-hybridized carbons (Fsp3) is 0.727. The van der Waals surface area contributed by atoms with Gasteiger partial charge in [-0.05, 0) is 25.8 Å². The Morgan fingerprint density at radius 3 is 2.87 bits per heavy atom. The maximum absolute atomic E-state index is 9.02. The van der Waals surface area contributed by atoms with E-state index >= 15 is 0 Å². The molecule has 1 rings (SSSR count). The van der Waals surface area contributed by atoms with E-state index in [1.165, 1.54) is 0 Å². The zero-order valence-corrected chi connectivity index (χ0v) is 9.56. The van der Waals surface area contributed by atoms with Crippen molar-refractivity contribution in [1.82, 2.24) is 9.78 Å². The van der Waals surface area contributed by atoms with Crippen LogP contribution in [-0.2, 0) is 6.54 Å². The van der Waals surface area contributed by atoms with Gasteiger partial charge in [-0.1, -0.05) is 6.92 Å². The van der Waals surface area contributed by atoms with Crippen LogP contribution in [0.4, 0.5) is 0 Å². The smallest absolute Gasteiger partial charge is 0.0492 e. The minimum Gasteiger partial charge on any atom is -0.396 e. The standard InChI is InChI=1S/C11H21N3O/c1-3-7-14-11(4-6-13-14)10(5-8-15)9(2)12/h4,6,9-10,15H,3,5,7-8,12H2,1-2H3. The molecule has 0 aliphatic heterocycles. The Labute approximate surface area is 91.1 Å². The Bertz CT molecular complexity index is 283. The lowest BCUT2D eigenvalue weighted by Crippen LogP contribution is -2.27. The van der Waals surface area contributed by atoms with Crippen LogP contribution in [-0.4, -0.2) is 27.5 Å². The van der Waals surface area contributed by atoms with Gasteiger partial charge in [0.05, 0.1) is 0 Å². The van der Waals surface area contributed by atoms with E-state index in [4.69, 9.17) is 10.8 Å². The topological polar surface area (TPSA) is 64.1 Å². The maximum Gasteiger partial charge on any atom is 0.0492 e. The van der Waals surface area contributed by atoms with Gasteiger partial charge in [-0.25, -0.2) is 0 Å². The molecule has 4 nitrogen and oxygen atoms in total. The van der Waals surface area contributed by atoms with E-state index in [0.717, 1.165) is 18.7 Å². The highest BCUT2D eigenvalue weighted by atomic mass is 16.3. The van der Waals surface area contributed by atoms with E-state index in [1.54, 1.807) is 6.20 Å². The van der Waals surface area contributed by atoms with Crippen LogP contribution in [0.15, 0.2) is 12.3 Å². The Morgan fingerprint density at radius 2 is 2.33 bits per heavy atom. The lowest BCUT2D eigenvalue weighted by atomic mass is 9.94. The van der Waals surface area contributed by atoms with Crippen molar-refractivity contribution in [3.63, 3.8) is 0 Å². The Kier molecular flexibility index (Phi) is 4.78. The van der Waals surface area contributed by atoms with Crippen LogP contribution in [0.1, 0.15) is 38.3 Å². The summed E-state index contributed by atoms with van der Waals surface area (Å²) in [7, 11) is 0. The molecule has 0 saturated heterocycles. The predicted octanol–water partition coefficient (Wildman–Crippen LogP) is 1.11.